The van der Waals surface area contributed by atoms with E-state index in [9.17, 15) is 4.79 Å². The number of methoxy groups -OCH3 is 1. The lowest BCUT2D eigenvalue weighted by molar-refractivity contribution is -0.116. The van der Waals surface area contributed by atoms with E-state index >= 15 is 0 Å². The molecule has 0 saturated heterocycles. The van der Waals surface area contributed by atoms with E-state index in [1.807, 2.05) is 26.8 Å². The average Bonchev–Trinajstić information content (AvgIpc) is 2.89. The van der Waals surface area contributed by atoms with E-state index in [2.05, 4.69) is 12.2 Å². The van der Waals surface area contributed by atoms with Gasteiger partial charge in [0, 0.05) is 29.1 Å². The van der Waals surface area contributed by atoms with Crippen LogP contribution in [-0.4, -0.2) is 19.6 Å². The number of ether oxygens (including phenoxy) is 1. The van der Waals surface area contributed by atoms with E-state index in [-0.39, 0.29) is 5.91 Å². The number of amides is 1. The second-order valence-corrected chi connectivity index (χ2v) is 5.85. The smallest absolute Gasteiger partial charge is 0.244 e. The number of allylic oxidation sites excluding steroid dienone is 1. The maximum absolute atomic E-state index is 12.0. The lowest BCUT2D eigenvalue weighted by Crippen LogP contribution is -2.22. The number of carbonyl (C=O) groups is 1. The molecule has 0 bridgehead atoms. The normalized spacial score (nSPS) is 11.8. The summed E-state index contributed by atoms with van der Waals surface area (Å²) in [5.74, 6) is 0.682. The number of unbranched alkanes of at least 4 members (excludes halogenated alkanes) is 1. The van der Waals surface area contributed by atoms with Gasteiger partial charge in [0.25, 0.3) is 0 Å². The molecule has 1 heterocycles. The molecule has 1 amide bonds. The Labute approximate surface area is 137 Å². The van der Waals surface area contributed by atoms with Gasteiger partial charge in [-0.05, 0) is 44.4 Å². The summed E-state index contributed by atoms with van der Waals surface area (Å²) in [6.45, 7) is 8.72. The Kier molecular flexibility index (Phi) is 5.48. The number of hydrogen-bond donors (Lipinski definition) is 1. The summed E-state index contributed by atoms with van der Waals surface area (Å²) < 4.78 is 11.2. The molecule has 0 aliphatic heterocycles. The van der Waals surface area contributed by atoms with Gasteiger partial charge in [0.05, 0.1) is 13.4 Å². The molecule has 0 saturated carbocycles. The van der Waals surface area contributed by atoms with Crippen LogP contribution < -0.4 is 10.1 Å². The van der Waals surface area contributed by atoms with E-state index in [4.69, 9.17) is 9.15 Å². The first-order valence-corrected chi connectivity index (χ1v) is 8.01. The second-order valence-electron chi connectivity index (χ2n) is 5.85. The average molecular weight is 315 g/mol. The van der Waals surface area contributed by atoms with Crippen molar-refractivity contribution in [3.63, 3.8) is 0 Å². The van der Waals surface area contributed by atoms with Crippen molar-refractivity contribution in [2.75, 3.05) is 13.7 Å². The van der Waals surface area contributed by atoms with Crippen LogP contribution in [0.1, 0.15) is 43.4 Å². The monoisotopic (exact) mass is 315 g/mol. The van der Waals surface area contributed by atoms with Crippen LogP contribution in [0.5, 0.6) is 5.75 Å². The Morgan fingerprint density at radius 2 is 2.13 bits per heavy atom. The van der Waals surface area contributed by atoms with Crippen molar-refractivity contribution in [2.24, 2.45) is 0 Å². The summed E-state index contributed by atoms with van der Waals surface area (Å²) in [5, 5.41) is 3.96. The van der Waals surface area contributed by atoms with Crippen LogP contribution in [0.15, 0.2) is 22.8 Å². The van der Waals surface area contributed by atoms with Crippen LogP contribution in [0.25, 0.3) is 16.5 Å². The van der Waals surface area contributed by atoms with E-state index < -0.39 is 0 Å². The predicted octanol–water partition coefficient (Wildman–Crippen LogP) is 4.38. The highest BCUT2D eigenvalue weighted by Gasteiger charge is 2.16. The third-order valence-electron chi connectivity index (χ3n) is 4.04. The van der Waals surface area contributed by atoms with Gasteiger partial charge >= 0.3 is 0 Å². The zero-order valence-corrected chi connectivity index (χ0v) is 14.6. The Hall–Kier alpha value is -2.23. The Morgan fingerprint density at radius 1 is 1.39 bits per heavy atom. The summed E-state index contributed by atoms with van der Waals surface area (Å²) >= 11 is 0. The van der Waals surface area contributed by atoms with Gasteiger partial charge in [-0.3, -0.25) is 4.79 Å². The van der Waals surface area contributed by atoms with Gasteiger partial charge in [0.2, 0.25) is 5.91 Å². The van der Waals surface area contributed by atoms with Gasteiger partial charge in [-0.2, -0.15) is 0 Å². The minimum absolute atomic E-state index is 0.0698. The first kappa shape index (κ1) is 17.1. The first-order valence-electron chi connectivity index (χ1n) is 8.01. The van der Waals surface area contributed by atoms with Crippen molar-refractivity contribution in [3.05, 3.63) is 35.1 Å². The van der Waals surface area contributed by atoms with Crippen molar-refractivity contribution in [1.29, 1.82) is 0 Å². The maximum Gasteiger partial charge on any atom is 0.244 e. The van der Waals surface area contributed by atoms with E-state index in [1.54, 1.807) is 19.4 Å². The number of furan rings is 1. The van der Waals surface area contributed by atoms with Crippen LogP contribution in [0.3, 0.4) is 0 Å². The Balaban J connectivity index is 2.41. The SMILES string of the molecule is CCCCNC(=O)/C=C(\C)c1cc2c(C)coc2c(C)c1OC. The first-order chi connectivity index (χ1) is 11.0. The molecule has 0 fully saturated rings. The van der Waals surface area contributed by atoms with Gasteiger partial charge < -0.3 is 14.5 Å². The third-order valence-corrected chi connectivity index (χ3v) is 4.04. The van der Waals surface area contributed by atoms with Crippen molar-refractivity contribution in [2.45, 2.75) is 40.5 Å². The largest absolute Gasteiger partial charge is 0.496 e. The number of rotatable bonds is 6. The molecule has 0 aliphatic carbocycles. The minimum atomic E-state index is -0.0698. The zero-order valence-electron chi connectivity index (χ0n) is 14.6. The molecule has 124 valence electrons. The van der Waals surface area contributed by atoms with Crippen molar-refractivity contribution < 1.29 is 13.9 Å². The van der Waals surface area contributed by atoms with Crippen LogP contribution in [0.2, 0.25) is 0 Å². The standard InChI is InChI=1S/C19H25NO3/c1-6-7-8-20-17(21)9-12(2)15-10-16-13(3)11-23-19(16)14(4)18(15)22-5/h9-11H,6-8H2,1-5H3,(H,20,21)/b12-9+. The summed E-state index contributed by atoms with van der Waals surface area (Å²) in [5.41, 5.74) is 4.66. The van der Waals surface area contributed by atoms with Crippen LogP contribution in [0.4, 0.5) is 0 Å². The number of benzene rings is 1. The van der Waals surface area contributed by atoms with Crippen molar-refractivity contribution in [3.8, 4) is 5.75 Å². The highest BCUT2D eigenvalue weighted by atomic mass is 16.5. The van der Waals surface area contributed by atoms with Gasteiger partial charge in [0.15, 0.2) is 0 Å². The number of carbonyl (C=O) groups excluding carboxylic acids is 1. The van der Waals surface area contributed by atoms with Crippen LogP contribution in [-0.2, 0) is 4.79 Å². The lowest BCUT2D eigenvalue weighted by Gasteiger charge is -2.13. The molecular formula is C19H25NO3. The molecule has 0 radical (unpaired) electrons. The fourth-order valence-corrected chi connectivity index (χ4v) is 2.71. The lowest BCUT2D eigenvalue weighted by atomic mass is 9.98. The summed E-state index contributed by atoms with van der Waals surface area (Å²) in [4.78, 5) is 12.0. The second kappa shape index (κ2) is 7.36. The van der Waals surface area contributed by atoms with Crippen molar-refractivity contribution in [1.82, 2.24) is 5.32 Å². The molecule has 1 aromatic carbocycles. The topological polar surface area (TPSA) is 51.5 Å². The number of nitrogens with one attached hydrogen (secondary N) is 1. The van der Waals surface area contributed by atoms with Gasteiger partial charge in [0.1, 0.15) is 11.3 Å². The fraction of sp³-hybridized carbons (Fsp3) is 0.421. The Bertz CT molecular complexity index is 741. The van der Waals surface area contributed by atoms with E-state index in [1.165, 1.54) is 0 Å². The molecule has 0 spiro atoms. The molecule has 1 N–H and O–H groups in total. The molecule has 2 rings (SSSR count). The van der Waals surface area contributed by atoms with Crippen LogP contribution >= 0.6 is 0 Å². The summed E-state index contributed by atoms with van der Waals surface area (Å²) in [6, 6.07) is 2.03. The molecule has 2 aromatic rings. The van der Waals surface area contributed by atoms with Gasteiger partial charge in [-0.15, -0.1) is 0 Å². The molecule has 0 atom stereocenters. The van der Waals surface area contributed by atoms with E-state index in [0.29, 0.717) is 6.54 Å². The van der Waals surface area contributed by atoms with Gasteiger partial charge in [-0.25, -0.2) is 0 Å². The highest BCUT2D eigenvalue weighted by molar-refractivity contribution is 5.98. The molecular weight excluding hydrogens is 290 g/mol. The minimum Gasteiger partial charge on any atom is -0.496 e. The number of aryl methyl sites for hydroxylation is 2. The number of fused-ring (bicyclic) bond motifs is 1. The molecule has 0 unspecified atom stereocenters. The summed E-state index contributed by atoms with van der Waals surface area (Å²) in [7, 11) is 1.64. The molecule has 4 nitrogen and oxygen atoms in total. The zero-order chi connectivity index (χ0) is 17.0. The van der Waals surface area contributed by atoms with Gasteiger partial charge in [-0.1, -0.05) is 13.3 Å². The highest BCUT2D eigenvalue weighted by Crippen LogP contribution is 2.37. The molecule has 0 aliphatic rings. The molecule has 4 heteroatoms. The third kappa shape index (κ3) is 3.58. The van der Waals surface area contributed by atoms with Crippen molar-refractivity contribution >= 4 is 22.4 Å². The van der Waals surface area contributed by atoms with E-state index in [0.717, 1.165) is 51.8 Å². The predicted molar refractivity (Wildman–Crippen MR) is 93.8 cm³/mol. The Morgan fingerprint density at radius 3 is 2.78 bits per heavy atom. The maximum atomic E-state index is 12.0. The van der Waals surface area contributed by atoms with Crippen LogP contribution in [0, 0.1) is 13.8 Å². The quantitative estimate of drug-likeness (QED) is 0.636. The summed E-state index contributed by atoms with van der Waals surface area (Å²) in [6.07, 6.45) is 5.43. The molecule has 1 aromatic heterocycles. The number of hydrogen-bond acceptors (Lipinski definition) is 3. The molecule has 23 heavy (non-hydrogen) atoms. The fourth-order valence-electron chi connectivity index (χ4n) is 2.71.